The van der Waals surface area contributed by atoms with E-state index in [0.29, 0.717) is 39.7 Å². The van der Waals surface area contributed by atoms with Gasteiger partial charge in [-0.15, -0.1) is 10.2 Å². The summed E-state index contributed by atoms with van der Waals surface area (Å²) in [6, 6.07) is 31.9. The van der Waals surface area contributed by atoms with Crippen LogP contribution in [0.3, 0.4) is 0 Å². The molecule has 5 aromatic rings. The van der Waals surface area contributed by atoms with Crippen LogP contribution in [0.5, 0.6) is 11.5 Å². The van der Waals surface area contributed by atoms with E-state index in [1.807, 2.05) is 83.4 Å². The van der Waals surface area contributed by atoms with Gasteiger partial charge in [-0.1, -0.05) is 48.0 Å². The SMILES string of the molecule is COc1ccc(C(=O)Sc2nnc(-c3ccc(OCc4ccccc4Cl)cc3)n2-c2ccccc2)cc1. The van der Waals surface area contributed by atoms with Crippen LogP contribution in [0.1, 0.15) is 15.9 Å². The van der Waals surface area contributed by atoms with Gasteiger partial charge in [0.05, 0.1) is 7.11 Å². The standard InChI is InChI=1S/C29H22ClN3O3S/c1-35-24-15-13-21(14-16-24)28(34)37-29-32-31-27(33(29)23-8-3-2-4-9-23)20-11-17-25(18-12-20)36-19-22-7-5-6-10-26(22)30/h2-18H,19H2,1H3. The lowest BCUT2D eigenvalue weighted by Crippen LogP contribution is -2.02. The molecule has 0 amide bonds. The molecule has 0 saturated carbocycles. The molecule has 0 fully saturated rings. The van der Waals surface area contributed by atoms with Gasteiger partial charge in [0, 0.05) is 27.4 Å². The van der Waals surface area contributed by atoms with E-state index in [2.05, 4.69) is 10.2 Å². The molecule has 0 spiro atoms. The number of nitrogens with zero attached hydrogens (tertiary/aromatic N) is 3. The number of aromatic nitrogens is 3. The van der Waals surface area contributed by atoms with Crippen LogP contribution in [0.25, 0.3) is 17.1 Å². The summed E-state index contributed by atoms with van der Waals surface area (Å²) in [7, 11) is 1.59. The molecule has 0 N–H and O–H groups in total. The molecule has 0 bridgehead atoms. The Morgan fingerprint density at radius 1 is 0.838 bits per heavy atom. The highest BCUT2D eigenvalue weighted by Crippen LogP contribution is 2.31. The molecule has 1 aromatic heterocycles. The molecular formula is C29H22ClN3O3S. The van der Waals surface area contributed by atoms with Crippen molar-refractivity contribution in [2.75, 3.05) is 7.11 Å². The van der Waals surface area contributed by atoms with Crippen LogP contribution in [0.4, 0.5) is 0 Å². The molecule has 0 radical (unpaired) electrons. The Labute approximate surface area is 223 Å². The number of benzene rings is 4. The maximum atomic E-state index is 13.0. The van der Waals surface area contributed by atoms with Gasteiger partial charge >= 0.3 is 0 Å². The van der Waals surface area contributed by atoms with E-state index in [1.165, 1.54) is 0 Å². The van der Waals surface area contributed by atoms with Gasteiger partial charge in [0.1, 0.15) is 18.1 Å². The number of thioether (sulfide) groups is 1. The highest BCUT2D eigenvalue weighted by Gasteiger charge is 2.20. The van der Waals surface area contributed by atoms with Crippen LogP contribution in [-0.4, -0.2) is 27.0 Å². The van der Waals surface area contributed by atoms with Gasteiger partial charge in [-0.3, -0.25) is 9.36 Å². The topological polar surface area (TPSA) is 66.2 Å². The average molecular weight is 528 g/mol. The van der Waals surface area contributed by atoms with Gasteiger partial charge in [0.2, 0.25) is 10.3 Å². The number of ether oxygens (including phenoxy) is 2. The Morgan fingerprint density at radius 3 is 2.22 bits per heavy atom. The average Bonchev–Trinajstić information content (AvgIpc) is 3.36. The van der Waals surface area contributed by atoms with E-state index in [4.69, 9.17) is 21.1 Å². The molecule has 0 aliphatic rings. The van der Waals surface area contributed by atoms with E-state index < -0.39 is 0 Å². The number of hydrogen-bond acceptors (Lipinski definition) is 6. The maximum absolute atomic E-state index is 13.0. The molecule has 0 atom stereocenters. The summed E-state index contributed by atoms with van der Waals surface area (Å²) in [5.41, 5.74) is 3.16. The second-order valence-corrected chi connectivity index (χ2v) is 9.35. The minimum atomic E-state index is -0.137. The van der Waals surface area contributed by atoms with Gasteiger partial charge in [0.15, 0.2) is 5.82 Å². The van der Waals surface area contributed by atoms with Crippen molar-refractivity contribution in [3.8, 4) is 28.6 Å². The first-order valence-corrected chi connectivity index (χ1v) is 12.7. The largest absolute Gasteiger partial charge is 0.497 e. The lowest BCUT2D eigenvalue weighted by atomic mass is 10.2. The van der Waals surface area contributed by atoms with Crippen LogP contribution in [-0.2, 0) is 6.61 Å². The third-order valence-electron chi connectivity index (χ3n) is 5.62. The smallest absolute Gasteiger partial charge is 0.227 e. The van der Waals surface area contributed by atoms with Crippen molar-refractivity contribution in [2.45, 2.75) is 11.8 Å². The van der Waals surface area contributed by atoms with Crippen LogP contribution in [0, 0.1) is 0 Å². The molecule has 8 heteroatoms. The fraction of sp³-hybridized carbons (Fsp3) is 0.0690. The summed E-state index contributed by atoms with van der Waals surface area (Å²) in [5.74, 6) is 2.02. The Hall–Kier alpha value is -4.07. The number of methoxy groups -OCH3 is 1. The highest BCUT2D eigenvalue weighted by molar-refractivity contribution is 8.14. The van der Waals surface area contributed by atoms with Crippen LogP contribution in [0.2, 0.25) is 5.02 Å². The van der Waals surface area contributed by atoms with E-state index in [9.17, 15) is 4.79 Å². The minimum Gasteiger partial charge on any atom is -0.497 e. The molecule has 5 rings (SSSR count). The zero-order valence-corrected chi connectivity index (χ0v) is 21.4. The van der Waals surface area contributed by atoms with E-state index >= 15 is 0 Å². The summed E-state index contributed by atoms with van der Waals surface area (Å²) < 4.78 is 13.0. The number of para-hydroxylation sites is 1. The zero-order chi connectivity index (χ0) is 25.6. The van der Waals surface area contributed by atoms with Gasteiger partial charge < -0.3 is 9.47 Å². The molecule has 184 valence electrons. The maximum Gasteiger partial charge on any atom is 0.227 e. The number of hydrogen-bond donors (Lipinski definition) is 0. The minimum absolute atomic E-state index is 0.137. The molecule has 0 aliphatic heterocycles. The molecular weight excluding hydrogens is 506 g/mol. The van der Waals surface area contributed by atoms with Gasteiger partial charge in [-0.25, -0.2) is 0 Å². The first kappa shape index (κ1) is 24.6. The van der Waals surface area contributed by atoms with Crippen LogP contribution < -0.4 is 9.47 Å². The van der Waals surface area contributed by atoms with Gasteiger partial charge in [0.25, 0.3) is 0 Å². The van der Waals surface area contributed by atoms with Gasteiger partial charge in [-0.05, 0) is 78.5 Å². The lowest BCUT2D eigenvalue weighted by Gasteiger charge is -2.11. The quantitative estimate of drug-likeness (QED) is 0.200. The van der Waals surface area contributed by atoms with Crippen molar-refractivity contribution in [3.63, 3.8) is 0 Å². The van der Waals surface area contributed by atoms with Crippen molar-refractivity contribution < 1.29 is 14.3 Å². The number of halogens is 1. The summed E-state index contributed by atoms with van der Waals surface area (Å²) in [5, 5.41) is 9.80. The fourth-order valence-electron chi connectivity index (χ4n) is 3.68. The van der Waals surface area contributed by atoms with E-state index in [1.54, 1.807) is 31.4 Å². The third kappa shape index (κ3) is 5.69. The monoisotopic (exact) mass is 527 g/mol. The van der Waals surface area contributed by atoms with E-state index in [0.717, 1.165) is 28.6 Å². The summed E-state index contributed by atoms with van der Waals surface area (Å²) in [6.45, 7) is 0.369. The van der Waals surface area contributed by atoms with Gasteiger partial charge in [-0.2, -0.15) is 0 Å². The molecule has 6 nitrogen and oxygen atoms in total. The highest BCUT2D eigenvalue weighted by atomic mass is 35.5. The Balaban J connectivity index is 1.41. The second kappa shape index (κ2) is 11.3. The van der Waals surface area contributed by atoms with Crippen molar-refractivity contribution in [1.82, 2.24) is 14.8 Å². The van der Waals surface area contributed by atoms with Crippen molar-refractivity contribution in [2.24, 2.45) is 0 Å². The van der Waals surface area contributed by atoms with E-state index in [-0.39, 0.29) is 5.12 Å². The number of carbonyl (C=O) groups excluding carboxylic acids is 1. The predicted octanol–water partition coefficient (Wildman–Crippen LogP) is 7.11. The van der Waals surface area contributed by atoms with Crippen LogP contribution in [0.15, 0.2) is 108 Å². The van der Waals surface area contributed by atoms with Crippen molar-refractivity contribution in [1.29, 1.82) is 0 Å². The Kier molecular flexibility index (Phi) is 7.54. The zero-order valence-electron chi connectivity index (χ0n) is 19.9. The molecule has 37 heavy (non-hydrogen) atoms. The van der Waals surface area contributed by atoms with Crippen LogP contribution >= 0.6 is 23.4 Å². The molecule has 0 unspecified atom stereocenters. The molecule has 1 heterocycles. The number of carbonyl (C=O) groups is 1. The molecule has 4 aromatic carbocycles. The van der Waals surface area contributed by atoms with Crippen molar-refractivity contribution in [3.05, 3.63) is 119 Å². The predicted molar refractivity (Wildman–Crippen MR) is 146 cm³/mol. The molecule has 0 saturated heterocycles. The summed E-state index contributed by atoms with van der Waals surface area (Å²) >= 11 is 7.26. The summed E-state index contributed by atoms with van der Waals surface area (Å²) in [4.78, 5) is 13.0. The third-order valence-corrected chi connectivity index (χ3v) is 6.86. The van der Waals surface area contributed by atoms with Crippen molar-refractivity contribution >= 4 is 28.5 Å². The number of rotatable bonds is 8. The molecule has 0 aliphatic carbocycles. The Morgan fingerprint density at radius 2 is 1.51 bits per heavy atom. The first-order valence-electron chi connectivity index (χ1n) is 11.5. The summed E-state index contributed by atoms with van der Waals surface area (Å²) in [6.07, 6.45) is 0. The second-order valence-electron chi connectivity index (χ2n) is 8.00. The first-order chi connectivity index (χ1) is 18.1. The Bertz CT molecular complexity index is 1500. The fourth-order valence-corrected chi connectivity index (χ4v) is 4.65. The lowest BCUT2D eigenvalue weighted by molar-refractivity contribution is 0.108. The normalized spacial score (nSPS) is 10.8.